The normalized spacial score (nSPS) is 16.2. The lowest BCUT2D eigenvalue weighted by Gasteiger charge is -2.13. The van der Waals surface area contributed by atoms with Crippen LogP contribution >= 0.6 is 0 Å². The van der Waals surface area contributed by atoms with Crippen molar-refractivity contribution in [3.63, 3.8) is 0 Å². The molecular formula is C16H14FNO3. The van der Waals surface area contributed by atoms with Crippen molar-refractivity contribution >= 4 is 5.91 Å². The molecule has 2 aromatic carbocycles. The fourth-order valence-corrected chi connectivity index (χ4v) is 2.38. The van der Waals surface area contributed by atoms with Gasteiger partial charge < -0.3 is 15.2 Å². The van der Waals surface area contributed by atoms with E-state index >= 15 is 0 Å². The number of amides is 1. The van der Waals surface area contributed by atoms with E-state index in [1.807, 2.05) is 0 Å². The number of hydrogen-bond donors (Lipinski definition) is 2. The summed E-state index contributed by atoms with van der Waals surface area (Å²) in [5.41, 5.74) is 1.42. The van der Waals surface area contributed by atoms with Gasteiger partial charge >= 0.3 is 0 Å². The van der Waals surface area contributed by atoms with Crippen molar-refractivity contribution in [2.45, 2.75) is 13.0 Å². The third kappa shape index (κ3) is 2.42. The van der Waals surface area contributed by atoms with Crippen LogP contribution in [0.3, 0.4) is 0 Å². The average molecular weight is 287 g/mol. The second kappa shape index (κ2) is 5.09. The quantitative estimate of drug-likeness (QED) is 0.893. The van der Waals surface area contributed by atoms with Crippen LogP contribution in [0.1, 0.15) is 27.5 Å². The first kappa shape index (κ1) is 13.4. The zero-order chi connectivity index (χ0) is 15.0. The third-order valence-corrected chi connectivity index (χ3v) is 3.54. The molecule has 1 heterocycles. The average Bonchev–Trinajstić information content (AvgIpc) is 2.84. The van der Waals surface area contributed by atoms with Gasteiger partial charge in [0.15, 0.2) is 0 Å². The van der Waals surface area contributed by atoms with Crippen LogP contribution in [0.25, 0.3) is 0 Å². The van der Waals surface area contributed by atoms with E-state index in [1.165, 1.54) is 12.1 Å². The smallest absolute Gasteiger partial charge is 0.255 e. The Morgan fingerprint density at radius 2 is 2.19 bits per heavy atom. The molecule has 0 spiro atoms. The van der Waals surface area contributed by atoms with Crippen molar-refractivity contribution in [3.8, 4) is 11.5 Å². The molecule has 0 saturated heterocycles. The molecule has 0 aromatic heterocycles. The SMILES string of the molecule is Cc1cccc(C(=O)NC2COc3ccc(F)cc32)c1O. The van der Waals surface area contributed by atoms with Gasteiger partial charge in [-0.15, -0.1) is 0 Å². The molecule has 0 radical (unpaired) electrons. The van der Waals surface area contributed by atoms with Crippen LogP contribution < -0.4 is 10.1 Å². The fourth-order valence-electron chi connectivity index (χ4n) is 2.38. The van der Waals surface area contributed by atoms with Crippen molar-refractivity contribution < 1.29 is 19.0 Å². The van der Waals surface area contributed by atoms with E-state index in [1.54, 1.807) is 31.2 Å². The van der Waals surface area contributed by atoms with E-state index in [0.717, 1.165) is 0 Å². The Morgan fingerprint density at radius 1 is 1.38 bits per heavy atom. The second-order valence-corrected chi connectivity index (χ2v) is 4.99. The molecule has 1 unspecified atom stereocenters. The maximum Gasteiger partial charge on any atom is 0.255 e. The molecule has 1 aliphatic rings. The molecule has 1 amide bonds. The lowest BCUT2D eigenvalue weighted by atomic mass is 10.1. The van der Waals surface area contributed by atoms with Crippen LogP contribution in [-0.2, 0) is 0 Å². The maximum atomic E-state index is 13.3. The minimum absolute atomic E-state index is 0.0478. The van der Waals surface area contributed by atoms with Gasteiger partial charge in [0.2, 0.25) is 0 Å². The van der Waals surface area contributed by atoms with Gasteiger partial charge in [-0.2, -0.15) is 0 Å². The van der Waals surface area contributed by atoms with Crippen molar-refractivity contribution in [3.05, 3.63) is 58.9 Å². The predicted molar refractivity (Wildman–Crippen MR) is 74.9 cm³/mol. The van der Waals surface area contributed by atoms with E-state index in [2.05, 4.69) is 5.32 Å². The van der Waals surface area contributed by atoms with E-state index < -0.39 is 11.9 Å². The Morgan fingerprint density at radius 3 is 3.00 bits per heavy atom. The number of rotatable bonds is 2. The number of halogens is 1. The Kier molecular flexibility index (Phi) is 3.25. The first-order chi connectivity index (χ1) is 10.1. The molecule has 21 heavy (non-hydrogen) atoms. The number of carbonyl (C=O) groups is 1. The van der Waals surface area contributed by atoms with Gasteiger partial charge in [0.1, 0.15) is 23.9 Å². The number of nitrogens with one attached hydrogen (secondary N) is 1. The van der Waals surface area contributed by atoms with E-state index in [9.17, 15) is 14.3 Å². The number of carbonyl (C=O) groups excluding carboxylic acids is 1. The van der Waals surface area contributed by atoms with Gasteiger partial charge in [0.05, 0.1) is 11.6 Å². The highest BCUT2D eigenvalue weighted by Gasteiger charge is 2.27. The topological polar surface area (TPSA) is 58.6 Å². The number of hydrogen-bond acceptors (Lipinski definition) is 3. The zero-order valence-corrected chi connectivity index (χ0v) is 11.4. The molecule has 3 rings (SSSR count). The van der Waals surface area contributed by atoms with E-state index in [0.29, 0.717) is 16.9 Å². The minimum Gasteiger partial charge on any atom is -0.507 e. The van der Waals surface area contributed by atoms with Crippen LogP contribution in [0.15, 0.2) is 36.4 Å². The third-order valence-electron chi connectivity index (χ3n) is 3.54. The summed E-state index contributed by atoms with van der Waals surface area (Å²) >= 11 is 0. The molecule has 1 aliphatic heterocycles. The predicted octanol–water partition coefficient (Wildman–Crippen LogP) is 2.70. The number of fused-ring (bicyclic) bond motifs is 1. The summed E-state index contributed by atoms with van der Waals surface area (Å²) in [6, 6.07) is 8.74. The molecule has 2 N–H and O–H groups in total. The van der Waals surface area contributed by atoms with Gasteiger partial charge in [-0.25, -0.2) is 4.39 Å². The summed E-state index contributed by atoms with van der Waals surface area (Å²) < 4.78 is 18.7. The van der Waals surface area contributed by atoms with Crippen molar-refractivity contribution in [1.82, 2.24) is 5.32 Å². The van der Waals surface area contributed by atoms with Gasteiger partial charge in [-0.1, -0.05) is 12.1 Å². The molecule has 1 atom stereocenters. The molecule has 0 aliphatic carbocycles. The molecule has 5 heteroatoms. The van der Waals surface area contributed by atoms with Crippen LogP contribution in [0.5, 0.6) is 11.5 Å². The zero-order valence-electron chi connectivity index (χ0n) is 11.4. The summed E-state index contributed by atoms with van der Waals surface area (Å²) in [6.45, 7) is 1.96. The van der Waals surface area contributed by atoms with Gasteiger partial charge in [-0.05, 0) is 36.8 Å². The highest BCUT2D eigenvalue weighted by molar-refractivity contribution is 5.97. The molecule has 2 aromatic rings. The second-order valence-electron chi connectivity index (χ2n) is 4.99. The summed E-state index contributed by atoms with van der Waals surface area (Å²) in [5.74, 6) is -0.276. The number of aromatic hydroxyl groups is 1. The molecular weight excluding hydrogens is 273 g/mol. The number of ether oxygens (including phenoxy) is 1. The van der Waals surface area contributed by atoms with Gasteiger partial charge in [-0.3, -0.25) is 4.79 Å². The van der Waals surface area contributed by atoms with Crippen LogP contribution in [0, 0.1) is 12.7 Å². The molecule has 4 nitrogen and oxygen atoms in total. The maximum absolute atomic E-state index is 13.3. The van der Waals surface area contributed by atoms with E-state index in [-0.39, 0.29) is 23.7 Å². The van der Waals surface area contributed by atoms with Crippen molar-refractivity contribution in [1.29, 1.82) is 0 Å². The van der Waals surface area contributed by atoms with Crippen LogP contribution in [0.2, 0.25) is 0 Å². The van der Waals surface area contributed by atoms with Crippen molar-refractivity contribution in [2.24, 2.45) is 0 Å². The molecule has 108 valence electrons. The Labute approximate surface area is 121 Å². The summed E-state index contributed by atoms with van der Waals surface area (Å²) in [6.07, 6.45) is 0. The molecule has 0 saturated carbocycles. The Hall–Kier alpha value is -2.56. The van der Waals surface area contributed by atoms with Crippen LogP contribution in [0.4, 0.5) is 4.39 Å². The van der Waals surface area contributed by atoms with Crippen LogP contribution in [-0.4, -0.2) is 17.6 Å². The standard InChI is InChI=1S/C16H14FNO3/c1-9-3-2-4-11(15(9)19)16(20)18-13-8-21-14-6-5-10(17)7-12(13)14/h2-7,13,19H,8H2,1H3,(H,18,20). The van der Waals surface area contributed by atoms with E-state index in [4.69, 9.17) is 4.74 Å². The number of phenols is 1. The fraction of sp³-hybridized carbons (Fsp3) is 0.188. The molecule has 0 bridgehead atoms. The number of phenolic OH excluding ortho intramolecular Hbond substituents is 1. The first-order valence-electron chi connectivity index (χ1n) is 6.58. The summed E-state index contributed by atoms with van der Waals surface area (Å²) in [4.78, 5) is 12.2. The molecule has 0 fully saturated rings. The highest BCUT2D eigenvalue weighted by atomic mass is 19.1. The lowest BCUT2D eigenvalue weighted by molar-refractivity contribution is 0.0927. The van der Waals surface area contributed by atoms with Crippen molar-refractivity contribution in [2.75, 3.05) is 6.61 Å². The first-order valence-corrected chi connectivity index (χ1v) is 6.58. The monoisotopic (exact) mass is 287 g/mol. The number of aryl methyl sites for hydroxylation is 1. The highest BCUT2D eigenvalue weighted by Crippen LogP contribution is 2.33. The van der Waals surface area contributed by atoms with Gasteiger partial charge in [0.25, 0.3) is 5.91 Å². The summed E-state index contributed by atoms with van der Waals surface area (Å²) in [7, 11) is 0. The number of para-hydroxylation sites is 1. The Balaban J connectivity index is 1.84. The minimum atomic E-state index is -0.428. The largest absolute Gasteiger partial charge is 0.507 e. The van der Waals surface area contributed by atoms with Gasteiger partial charge in [0, 0.05) is 5.56 Å². The Bertz CT molecular complexity index is 715. The number of benzene rings is 2. The lowest BCUT2D eigenvalue weighted by Crippen LogP contribution is -2.29. The summed E-state index contributed by atoms with van der Waals surface area (Å²) in [5, 5.41) is 12.7.